The van der Waals surface area contributed by atoms with Crippen molar-refractivity contribution in [1.82, 2.24) is 0 Å². The summed E-state index contributed by atoms with van der Waals surface area (Å²) in [5.74, 6) is 0. The molecule has 0 saturated carbocycles. The van der Waals surface area contributed by atoms with E-state index in [-0.39, 0.29) is 22.3 Å². The lowest BCUT2D eigenvalue weighted by Crippen LogP contribution is -1.74. The summed E-state index contributed by atoms with van der Waals surface area (Å²) in [4.78, 5) is 0. The normalized spacial score (nSPS) is 6.76. The van der Waals surface area contributed by atoms with Crippen LogP contribution >= 0.6 is 0 Å². The van der Waals surface area contributed by atoms with Crippen LogP contribution in [-0.4, -0.2) is 0 Å². The van der Waals surface area contributed by atoms with Crippen LogP contribution in [0.4, 0.5) is 0 Å². The average molecular weight is 517 g/mol. The van der Waals surface area contributed by atoms with Crippen LogP contribution < -0.4 is 0 Å². The first-order valence-corrected chi connectivity index (χ1v) is 13.5. The molecular weight excluding hydrogens is 444 g/mol. The maximum atomic E-state index is 2.12. The van der Waals surface area contributed by atoms with E-state index >= 15 is 0 Å². The maximum absolute atomic E-state index is 2.12. The molecule has 0 amide bonds. The third-order valence-corrected chi connectivity index (χ3v) is 3.52. The fourth-order valence-electron chi connectivity index (χ4n) is 1.71. The molecule has 0 aliphatic heterocycles. The van der Waals surface area contributed by atoms with Gasteiger partial charge < -0.3 is 0 Å². The van der Waals surface area contributed by atoms with Gasteiger partial charge in [0.1, 0.15) is 0 Å². The van der Waals surface area contributed by atoms with Crippen molar-refractivity contribution >= 4 is 0 Å². The molecule has 0 saturated heterocycles. The van der Waals surface area contributed by atoms with E-state index in [4.69, 9.17) is 0 Å². The van der Waals surface area contributed by atoms with E-state index in [0.717, 1.165) is 0 Å². The van der Waals surface area contributed by atoms with Crippen molar-refractivity contribution in [2.45, 2.75) is 132 Å². The van der Waals surface area contributed by atoms with Crippen LogP contribution in [0.3, 0.4) is 0 Å². The van der Waals surface area contributed by atoms with E-state index < -0.39 is 0 Å². The largest absolute Gasteiger partial charge is 0.0776 e. The number of hydrogen-bond donors (Lipinski definition) is 0. The van der Waals surface area contributed by atoms with Gasteiger partial charge in [-0.25, -0.2) is 0 Å². The van der Waals surface area contributed by atoms with E-state index in [0.29, 0.717) is 0 Å². The standard InChI is InChI=1S/2C8H10.C6H6.2C3H8.3C2H6.3CH4/c2*1-7-5-3-4-6-8(7)2;1-2-4-6-5-3-1;2*1-3-2;3*1-2;;;/h2*3-6H,1-2H3;1-6H;2*3H2,1-2H3;3*1-2H3;3*1H4. The Kier molecular flexibility index (Phi) is 81.4. The molecule has 0 nitrogen and oxygen atoms in total. The summed E-state index contributed by atoms with van der Waals surface area (Å²) in [7, 11) is 0. The van der Waals surface area contributed by atoms with Gasteiger partial charge >= 0.3 is 0 Å². The van der Waals surface area contributed by atoms with Crippen LogP contribution in [0.15, 0.2) is 84.9 Å². The van der Waals surface area contributed by atoms with Crippen LogP contribution in [0.5, 0.6) is 0 Å². The second kappa shape index (κ2) is 54.5. The van der Waals surface area contributed by atoms with E-state index in [9.17, 15) is 0 Å². The third-order valence-electron chi connectivity index (χ3n) is 3.52. The van der Waals surface area contributed by atoms with Gasteiger partial charge in [0, 0.05) is 0 Å². The highest BCUT2D eigenvalue weighted by molar-refractivity contribution is 5.24. The molecule has 0 radical (unpaired) electrons. The molecule has 0 aliphatic rings. The molecule has 0 unspecified atom stereocenters. The predicted octanol–water partition coefficient (Wildman–Crippen LogP) is 14.1. The summed E-state index contributed by atoms with van der Waals surface area (Å²) >= 11 is 0. The highest BCUT2D eigenvalue weighted by Crippen LogP contribution is 2.03. The van der Waals surface area contributed by atoms with Crippen molar-refractivity contribution in [3.8, 4) is 0 Å². The molecule has 0 fully saturated rings. The lowest BCUT2D eigenvalue weighted by atomic mass is 10.1. The smallest absolute Gasteiger partial charge is 0.0395 e. The zero-order chi connectivity index (χ0) is 27.6. The summed E-state index contributed by atoms with van der Waals surface area (Å²) in [5.41, 5.74) is 5.47. The monoisotopic (exact) mass is 517 g/mol. The maximum Gasteiger partial charge on any atom is -0.0395 e. The van der Waals surface area contributed by atoms with Gasteiger partial charge in [-0.15, -0.1) is 0 Å². The molecule has 220 valence electrons. The fourth-order valence-corrected chi connectivity index (χ4v) is 1.71. The number of aryl methyl sites for hydroxylation is 4. The van der Waals surface area contributed by atoms with Crippen molar-refractivity contribution < 1.29 is 0 Å². The van der Waals surface area contributed by atoms with Gasteiger partial charge in [0.05, 0.1) is 0 Å². The minimum atomic E-state index is 0. The molecule has 0 aromatic heterocycles. The molecule has 3 rings (SSSR count). The van der Waals surface area contributed by atoms with E-state index in [1.165, 1.54) is 35.1 Å². The van der Waals surface area contributed by atoms with E-state index in [1.54, 1.807) is 0 Å². The molecule has 0 N–H and O–H groups in total. The highest BCUT2D eigenvalue weighted by atomic mass is 13.9. The Morgan fingerprint density at radius 2 is 0.432 bits per heavy atom. The number of hydrogen-bond acceptors (Lipinski definition) is 0. The van der Waals surface area contributed by atoms with Crippen LogP contribution in [-0.2, 0) is 0 Å². The Hall–Kier alpha value is -2.34. The van der Waals surface area contributed by atoms with Crippen LogP contribution in [0.25, 0.3) is 0 Å². The van der Waals surface area contributed by atoms with Gasteiger partial charge in [0.15, 0.2) is 0 Å². The fraction of sp³-hybridized carbons (Fsp3) is 0.514. The van der Waals surface area contributed by atoms with Gasteiger partial charge in [-0.05, 0) is 49.9 Å². The molecule has 0 heteroatoms. The van der Waals surface area contributed by atoms with E-state index in [1.807, 2.05) is 77.9 Å². The van der Waals surface area contributed by atoms with Gasteiger partial charge in [-0.2, -0.15) is 0 Å². The first-order valence-electron chi connectivity index (χ1n) is 13.5. The first kappa shape index (κ1) is 55.3. The SMILES string of the molecule is C.C.C.CC.CC.CC.CCC.CCC.Cc1ccccc1C.Cc1ccccc1C.c1ccccc1. The Bertz CT molecular complexity index is 554. The summed E-state index contributed by atoms with van der Waals surface area (Å²) in [6.07, 6.45) is 2.50. The van der Waals surface area contributed by atoms with Crippen molar-refractivity contribution in [3.63, 3.8) is 0 Å². The molecule has 0 spiro atoms. The Morgan fingerprint density at radius 1 is 0.324 bits per heavy atom. The van der Waals surface area contributed by atoms with Crippen molar-refractivity contribution in [2.24, 2.45) is 0 Å². The van der Waals surface area contributed by atoms with Gasteiger partial charge in [0.25, 0.3) is 0 Å². The average Bonchev–Trinajstić information content (AvgIpc) is 2.89. The molecule has 0 heterocycles. The second-order valence-corrected chi connectivity index (χ2v) is 6.74. The van der Waals surface area contributed by atoms with Gasteiger partial charge in [-0.3, -0.25) is 0 Å². The third kappa shape index (κ3) is 51.2. The zero-order valence-electron chi connectivity index (χ0n) is 25.5. The van der Waals surface area contributed by atoms with Crippen LogP contribution in [0.1, 0.15) is 127 Å². The molecule has 3 aromatic carbocycles. The molecule has 37 heavy (non-hydrogen) atoms. The zero-order valence-corrected chi connectivity index (χ0v) is 25.5. The summed E-state index contributed by atoms with van der Waals surface area (Å²) in [6, 6.07) is 28.7. The highest BCUT2D eigenvalue weighted by Gasteiger charge is 1.84. The topological polar surface area (TPSA) is 0 Å². The van der Waals surface area contributed by atoms with Gasteiger partial charge in [0.2, 0.25) is 0 Å². The van der Waals surface area contributed by atoms with Crippen molar-refractivity contribution in [3.05, 3.63) is 107 Å². The second-order valence-electron chi connectivity index (χ2n) is 6.74. The molecule has 3 aromatic rings. The van der Waals surface area contributed by atoms with Gasteiger partial charge in [-0.1, -0.05) is 189 Å². The number of rotatable bonds is 0. The quantitative estimate of drug-likeness (QED) is 0.278. The number of benzene rings is 3. The molecule has 0 bridgehead atoms. The molecule has 0 atom stereocenters. The lowest BCUT2D eigenvalue weighted by Gasteiger charge is -1.93. The Balaban J connectivity index is -0.0000000459. The van der Waals surface area contributed by atoms with E-state index in [2.05, 4.69) is 104 Å². The molecule has 0 aliphatic carbocycles. The van der Waals surface area contributed by atoms with Crippen LogP contribution in [0.2, 0.25) is 0 Å². The lowest BCUT2D eigenvalue weighted by molar-refractivity contribution is 1.09. The summed E-state index contributed by atoms with van der Waals surface area (Å²) in [5, 5.41) is 0. The minimum absolute atomic E-state index is 0. The van der Waals surface area contributed by atoms with Crippen LogP contribution in [0, 0.1) is 27.7 Å². The predicted molar refractivity (Wildman–Crippen MR) is 184 cm³/mol. The summed E-state index contributed by atoms with van der Waals surface area (Å²) < 4.78 is 0. The first-order chi connectivity index (χ1) is 16.4. The summed E-state index contributed by atoms with van der Waals surface area (Å²) in [6.45, 7) is 29.0. The Morgan fingerprint density at radius 3 is 0.514 bits per heavy atom. The van der Waals surface area contributed by atoms with Crippen molar-refractivity contribution in [1.29, 1.82) is 0 Å². The van der Waals surface area contributed by atoms with Crippen molar-refractivity contribution in [2.75, 3.05) is 0 Å². The minimum Gasteiger partial charge on any atom is -0.0776 e. The Labute approximate surface area is 239 Å². The molecular formula is C37H72.